The molecule has 0 fully saturated rings. The highest BCUT2D eigenvalue weighted by Crippen LogP contribution is 2.28. The summed E-state index contributed by atoms with van der Waals surface area (Å²) < 4.78 is 6.02. The van der Waals surface area contributed by atoms with Crippen LogP contribution in [0.25, 0.3) is 0 Å². The van der Waals surface area contributed by atoms with Gasteiger partial charge in [-0.3, -0.25) is 0 Å². The van der Waals surface area contributed by atoms with Crippen molar-refractivity contribution >= 4 is 0 Å². The van der Waals surface area contributed by atoms with E-state index < -0.39 is 0 Å². The lowest BCUT2D eigenvalue weighted by Gasteiger charge is -2.20. The molecule has 0 aliphatic carbocycles. The molecular formula is C15H25NO. The molecule has 0 saturated heterocycles. The third-order valence-electron chi connectivity index (χ3n) is 2.82. The minimum Gasteiger partial charge on any atom is -0.490 e. The van der Waals surface area contributed by atoms with Crippen molar-refractivity contribution in [2.45, 2.75) is 59.1 Å². The van der Waals surface area contributed by atoms with E-state index in [1.165, 1.54) is 11.1 Å². The standard InChI is InChI=1S/C15H25NO/c1-10(2)14-7-6-11(3)8-15(14)17-13(5)9-12(4)16/h6-8,10,12-13H,9,16H2,1-5H3. The Kier molecular flexibility index (Phi) is 5.01. The number of hydrogen-bond acceptors (Lipinski definition) is 2. The highest BCUT2D eigenvalue weighted by Gasteiger charge is 2.12. The predicted octanol–water partition coefficient (Wildman–Crippen LogP) is 3.62. The average molecular weight is 235 g/mol. The first-order chi connectivity index (χ1) is 7.90. The summed E-state index contributed by atoms with van der Waals surface area (Å²) in [6.45, 7) is 10.6. The van der Waals surface area contributed by atoms with Crippen molar-refractivity contribution in [1.82, 2.24) is 0 Å². The molecule has 0 amide bonds. The Bertz CT molecular complexity index is 358. The van der Waals surface area contributed by atoms with Gasteiger partial charge in [-0.25, -0.2) is 0 Å². The van der Waals surface area contributed by atoms with Gasteiger partial charge in [0.2, 0.25) is 0 Å². The smallest absolute Gasteiger partial charge is 0.123 e. The summed E-state index contributed by atoms with van der Waals surface area (Å²) in [5.41, 5.74) is 8.30. The highest BCUT2D eigenvalue weighted by molar-refractivity contribution is 5.39. The van der Waals surface area contributed by atoms with Crippen molar-refractivity contribution in [3.05, 3.63) is 29.3 Å². The zero-order valence-electron chi connectivity index (χ0n) is 11.7. The van der Waals surface area contributed by atoms with Crippen LogP contribution in [0.5, 0.6) is 5.75 Å². The van der Waals surface area contributed by atoms with Crippen molar-refractivity contribution in [1.29, 1.82) is 0 Å². The summed E-state index contributed by atoms with van der Waals surface area (Å²) in [7, 11) is 0. The molecule has 0 saturated carbocycles. The number of nitrogens with two attached hydrogens (primary N) is 1. The predicted molar refractivity (Wildman–Crippen MR) is 73.6 cm³/mol. The molecule has 17 heavy (non-hydrogen) atoms. The van der Waals surface area contributed by atoms with Crippen molar-refractivity contribution in [2.75, 3.05) is 0 Å². The molecule has 2 N–H and O–H groups in total. The summed E-state index contributed by atoms with van der Waals surface area (Å²) in [5, 5.41) is 0. The van der Waals surface area contributed by atoms with Gasteiger partial charge in [-0.05, 0) is 50.3 Å². The Morgan fingerprint density at radius 1 is 1.18 bits per heavy atom. The van der Waals surface area contributed by atoms with Gasteiger partial charge in [-0.2, -0.15) is 0 Å². The Balaban J connectivity index is 2.84. The van der Waals surface area contributed by atoms with E-state index in [-0.39, 0.29) is 12.1 Å². The van der Waals surface area contributed by atoms with Crippen molar-refractivity contribution in [3.63, 3.8) is 0 Å². The van der Waals surface area contributed by atoms with Crippen molar-refractivity contribution in [2.24, 2.45) is 5.73 Å². The molecule has 96 valence electrons. The van der Waals surface area contributed by atoms with Gasteiger partial charge in [0.1, 0.15) is 5.75 Å². The summed E-state index contributed by atoms with van der Waals surface area (Å²) in [4.78, 5) is 0. The molecular weight excluding hydrogens is 210 g/mol. The summed E-state index contributed by atoms with van der Waals surface area (Å²) in [6.07, 6.45) is 1.04. The third kappa shape index (κ3) is 4.39. The number of hydrogen-bond donors (Lipinski definition) is 1. The number of rotatable bonds is 5. The summed E-state index contributed by atoms with van der Waals surface area (Å²) in [6, 6.07) is 6.59. The highest BCUT2D eigenvalue weighted by atomic mass is 16.5. The maximum absolute atomic E-state index is 6.02. The van der Waals surface area contributed by atoms with E-state index in [4.69, 9.17) is 10.5 Å². The van der Waals surface area contributed by atoms with E-state index in [9.17, 15) is 0 Å². The molecule has 0 heterocycles. The molecule has 1 rings (SSSR count). The molecule has 2 nitrogen and oxygen atoms in total. The van der Waals surface area contributed by atoms with Crippen LogP contribution in [0.15, 0.2) is 18.2 Å². The zero-order chi connectivity index (χ0) is 13.0. The van der Waals surface area contributed by atoms with E-state index >= 15 is 0 Å². The van der Waals surface area contributed by atoms with Crippen LogP contribution in [0.3, 0.4) is 0 Å². The number of ether oxygens (including phenoxy) is 1. The molecule has 1 aromatic rings. The molecule has 0 radical (unpaired) electrons. The van der Waals surface area contributed by atoms with Crippen LogP contribution < -0.4 is 10.5 Å². The Labute approximate surface area is 105 Å². The summed E-state index contributed by atoms with van der Waals surface area (Å²) >= 11 is 0. The van der Waals surface area contributed by atoms with Crippen molar-refractivity contribution in [3.8, 4) is 5.75 Å². The fourth-order valence-corrected chi connectivity index (χ4v) is 2.01. The molecule has 2 unspecified atom stereocenters. The summed E-state index contributed by atoms with van der Waals surface area (Å²) in [5.74, 6) is 1.49. The lowest BCUT2D eigenvalue weighted by molar-refractivity contribution is 0.200. The monoisotopic (exact) mass is 235 g/mol. The first-order valence-electron chi connectivity index (χ1n) is 6.43. The molecule has 1 aromatic carbocycles. The second-order valence-corrected chi connectivity index (χ2v) is 5.34. The van der Waals surface area contributed by atoms with Crippen molar-refractivity contribution < 1.29 is 4.74 Å². The lowest BCUT2D eigenvalue weighted by atomic mass is 10.0. The molecule has 0 bridgehead atoms. The van der Waals surface area contributed by atoms with E-state index in [0.717, 1.165) is 12.2 Å². The minimum absolute atomic E-state index is 0.161. The molecule has 0 aliphatic heterocycles. The van der Waals surface area contributed by atoms with Crippen LogP contribution in [0.4, 0.5) is 0 Å². The van der Waals surface area contributed by atoms with E-state index in [1.54, 1.807) is 0 Å². The van der Waals surface area contributed by atoms with Crippen LogP contribution in [0.2, 0.25) is 0 Å². The van der Waals surface area contributed by atoms with Gasteiger partial charge in [0.15, 0.2) is 0 Å². The number of benzene rings is 1. The Hall–Kier alpha value is -1.02. The molecule has 2 heteroatoms. The lowest BCUT2D eigenvalue weighted by Crippen LogP contribution is -2.25. The van der Waals surface area contributed by atoms with Crippen LogP contribution in [0.1, 0.15) is 51.2 Å². The molecule has 0 spiro atoms. The van der Waals surface area contributed by atoms with Crippen LogP contribution in [0, 0.1) is 6.92 Å². The van der Waals surface area contributed by atoms with Gasteiger partial charge in [0, 0.05) is 6.04 Å². The van der Waals surface area contributed by atoms with E-state index in [2.05, 4.69) is 45.9 Å². The first-order valence-corrected chi connectivity index (χ1v) is 6.43. The van der Waals surface area contributed by atoms with E-state index in [0.29, 0.717) is 5.92 Å². The maximum atomic E-state index is 6.02. The van der Waals surface area contributed by atoms with Gasteiger partial charge in [-0.1, -0.05) is 26.0 Å². The molecule has 2 atom stereocenters. The third-order valence-corrected chi connectivity index (χ3v) is 2.82. The molecule has 0 aromatic heterocycles. The van der Waals surface area contributed by atoms with Gasteiger partial charge in [0.05, 0.1) is 6.10 Å². The first kappa shape index (κ1) is 14.0. The normalized spacial score (nSPS) is 14.8. The second-order valence-electron chi connectivity index (χ2n) is 5.34. The number of aryl methyl sites for hydroxylation is 1. The van der Waals surface area contributed by atoms with Crippen LogP contribution in [-0.2, 0) is 0 Å². The van der Waals surface area contributed by atoms with Crippen LogP contribution >= 0.6 is 0 Å². The SMILES string of the molecule is Cc1ccc(C(C)C)c(OC(C)CC(C)N)c1. The average Bonchev–Trinajstić information content (AvgIpc) is 2.15. The van der Waals surface area contributed by atoms with Gasteiger partial charge in [-0.15, -0.1) is 0 Å². The Morgan fingerprint density at radius 3 is 2.35 bits per heavy atom. The second kappa shape index (κ2) is 6.06. The largest absolute Gasteiger partial charge is 0.490 e. The fourth-order valence-electron chi connectivity index (χ4n) is 2.01. The molecule has 0 aliphatic rings. The van der Waals surface area contributed by atoms with Gasteiger partial charge in [0.25, 0.3) is 0 Å². The van der Waals surface area contributed by atoms with Gasteiger partial charge >= 0.3 is 0 Å². The van der Waals surface area contributed by atoms with Crippen LogP contribution in [-0.4, -0.2) is 12.1 Å². The maximum Gasteiger partial charge on any atom is 0.123 e. The quantitative estimate of drug-likeness (QED) is 0.846. The topological polar surface area (TPSA) is 35.2 Å². The van der Waals surface area contributed by atoms with Gasteiger partial charge < -0.3 is 10.5 Å². The Morgan fingerprint density at radius 2 is 1.82 bits per heavy atom. The van der Waals surface area contributed by atoms with E-state index in [1.807, 2.05) is 6.92 Å². The minimum atomic E-state index is 0.161. The zero-order valence-corrected chi connectivity index (χ0v) is 11.7. The fraction of sp³-hybridized carbons (Fsp3) is 0.600.